The molecule has 0 aliphatic heterocycles. The second kappa shape index (κ2) is 7.80. The highest BCUT2D eigenvalue weighted by Gasteiger charge is 2.10. The molecule has 2 aromatic rings. The van der Waals surface area contributed by atoms with Crippen LogP contribution in [0.3, 0.4) is 0 Å². The van der Waals surface area contributed by atoms with Crippen molar-refractivity contribution in [2.75, 3.05) is 18.2 Å². The number of esters is 1. The van der Waals surface area contributed by atoms with Crippen molar-refractivity contribution in [1.29, 1.82) is 0 Å². The quantitative estimate of drug-likeness (QED) is 0.617. The molecule has 0 atom stereocenters. The summed E-state index contributed by atoms with van der Waals surface area (Å²) in [6.07, 6.45) is 0.354. The van der Waals surface area contributed by atoms with Crippen LogP contribution in [0.15, 0.2) is 16.5 Å². The summed E-state index contributed by atoms with van der Waals surface area (Å²) in [4.78, 5) is 11.1. The predicted molar refractivity (Wildman–Crippen MR) is 91.5 cm³/mol. The first kappa shape index (κ1) is 17.1. The van der Waals surface area contributed by atoms with Gasteiger partial charge in [0.05, 0.1) is 24.2 Å². The Labute approximate surface area is 142 Å². The molecule has 118 valence electrons. The van der Waals surface area contributed by atoms with Crippen molar-refractivity contribution < 1.29 is 9.53 Å². The van der Waals surface area contributed by atoms with E-state index in [-0.39, 0.29) is 5.97 Å². The number of benzene rings is 1. The molecule has 0 fully saturated rings. The van der Waals surface area contributed by atoms with Crippen LogP contribution in [0, 0.1) is 13.8 Å². The van der Waals surface area contributed by atoms with Gasteiger partial charge in [0.1, 0.15) is 0 Å². The molecule has 0 saturated carbocycles. The number of rotatable bonds is 6. The summed E-state index contributed by atoms with van der Waals surface area (Å²) in [5.41, 5.74) is 3.01. The molecular formula is C14H16ClN3O2S2. The Balaban J connectivity index is 1.99. The number of methoxy groups -OCH3 is 1. The van der Waals surface area contributed by atoms with Crippen LogP contribution >= 0.6 is 34.7 Å². The minimum absolute atomic E-state index is 0.225. The highest BCUT2D eigenvalue weighted by atomic mass is 35.5. The van der Waals surface area contributed by atoms with Gasteiger partial charge in [-0.1, -0.05) is 40.8 Å². The molecule has 1 aromatic carbocycles. The Bertz CT molecular complexity index is 653. The van der Waals surface area contributed by atoms with E-state index in [9.17, 15) is 4.79 Å². The van der Waals surface area contributed by atoms with Crippen LogP contribution in [0.25, 0.3) is 0 Å². The van der Waals surface area contributed by atoms with Crippen LogP contribution in [0.2, 0.25) is 5.02 Å². The maximum absolute atomic E-state index is 11.1. The minimum Gasteiger partial charge on any atom is -0.469 e. The van der Waals surface area contributed by atoms with E-state index in [1.165, 1.54) is 30.2 Å². The number of thioether (sulfide) groups is 1. The Hall–Kier alpha value is -1.31. The molecule has 0 aliphatic rings. The van der Waals surface area contributed by atoms with Gasteiger partial charge in [-0.15, -0.1) is 10.2 Å². The number of hydrogen-bond acceptors (Lipinski definition) is 7. The number of carbonyl (C=O) groups excluding carboxylic acids is 1. The maximum Gasteiger partial charge on any atom is 0.306 e. The van der Waals surface area contributed by atoms with Gasteiger partial charge < -0.3 is 10.1 Å². The fourth-order valence-corrected chi connectivity index (χ4v) is 3.94. The average Bonchev–Trinajstić information content (AvgIpc) is 2.90. The van der Waals surface area contributed by atoms with E-state index in [0.717, 1.165) is 21.2 Å². The summed E-state index contributed by atoms with van der Waals surface area (Å²) >= 11 is 9.17. The van der Waals surface area contributed by atoms with Gasteiger partial charge >= 0.3 is 5.97 Å². The molecule has 0 bridgehead atoms. The zero-order chi connectivity index (χ0) is 16.1. The Morgan fingerprint density at radius 3 is 2.86 bits per heavy atom. The summed E-state index contributed by atoms with van der Waals surface area (Å²) in [5.74, 6) is 0.392. The number of anilines is 2. The number of nitrogens with zero attached hydrogens (tertiary/aromatic N) is 2. The number of carbonyl (C=O) groups is 1. The summed E-state index contributed by atoms with van der Waals surface area (Å²) in [6.45, 7) is 4.00. The van der Waals surface area contributed by atoms with E-state index in [0.29, 0.717) is 22.3 Å². The third-order valence-electron chi connectivity index (χ3n) is 2.83. The predicted octanol–water partition coefficient (Wildman–Crippen LogP) is 4.21. The lowest BCUT2D eigenvalue weighted by Gasteiger charge is -2.09. The van der Waals surface area contributed by atoms with E-state index in [1.807, 2.05) is 19.9 Å². The monoisotopic (exact) mass is 357 g/mol. The summed E-state index contributed by atoms with van der Waals surface area (Å²) in [5, 5.41) is 12.7. The fraction of sp³-hybridized carbons (Fsp3) is 0.357. The van der Waals surface area contributed by atoms with Crippen LogP contribution in [0.1, 0.15) is 17.5 Å². The molecule has 0 radical (unpaired) electrons. The summed E-state index contributed by atoms with van der Waals surface area (Å²) < 4.78 is 5.39. The maximum atomic E-state index is 11.1. The number of aromatic nitrogens is 2. The molecular weight excluding hydrogens is 342 g/mol. The molecule has 0 aliphatic carbocycles. The standard InChI is InChI=1S/C14H16ClN3O2S2/c1-8-6-9(2)12(10(15)7-8)16-13-17-18-14(22-13)21-5-4-11(19)20-3/h6-7H,4-5H2,1-3H3,(H,16,17). The number of hydrogen-bond donors (Lipinski definition) is 1. The second-order valence-corrected chi connectivity index (χ2v) is 7.34. The van der Waals surface area contributed by atoms with Crippen molar-refractivity contribution in [1.82, 2.24) is 10.2 Å². The van der Waals surface area contributed by atoms with Crippen LogP contribution in [0.4, 0.5) is 10.8 Å². The van der Waals surface area contributed by atoms with Gasteiger partial charge in [0.15, 0.2) is 4.34 Å². The Kier molecular flexibility index (Phi) is 6.05. The number of ether oxygens (including phenoxy) is 1. The molecule has 1 aromatic heterocycles. The minimum atomic E-state index is -0.225. The van der Waals surface area contributed by atoms with Crippen molar-refractivity contribution in [3.05, 3.63) is 28.3 Å². The largest absolute Gasteiger partial charge is 0.469 e. The van der Waals surface area contributed by atoms with Crippen molar-refractivity contribution in [2.45, 2.75) is 24.6 Å². The van der Waals surface area contributed by atoms with Crippen molar-refractivity contribution in [2.24, 2.45) is 0 Å². The van der Waals surface area contributed by atoms with Gasteiger partial charge in [0.2, 0.25) is 5.13 Å². The molecule has 8 heteroatoms. The first-order valence-electron chi connectivity index (χ1n) is 6.56. The van der Waals surface area contributed by atoms with Gasteiger partial charge in [-0.3, -0.25) is 4.79 Å². The van der Waals surface area contributed by atoms with Crippen molar-refractivity contribution in [3.63, 3.8) is 0 Å². The van der Waals surface area contributed by atoms with E-state index in [2.05, 4.69) is 26.3 Å². The topological polar surface area (TPSA) is 64.1 Å². The van der Waals surface area contributed by atoms with Gasteiger partial charge in [-0.25, -0.2) is 0 Å². The molecule has 0 amide bonds. The third-order valence-corrected chi connectivity index (χ3v) is 5.10. The van der Waals surface area contributed by atoms with E-state index in [1.54, 1.807) is 0 Å². The number of nitrogens with one attached hydrogen (secondary N) is 1. The summed E-state index contributed by atoms with van der Waals surface area (Å²) in [7, 11) is 1.38. The first-order chi connectivity index (χ1) is 10.5. The normalized spacial score (nSPS) is 10.5. The SMILES string of the molecule is COC(=O)CCSc1nnc(Nc2c(C)cc(C)cc2Cl)s1. The second-order valence-electron chi connectivity index (χ2n) is 4.61. The van der Waals surface area contributed by atoms with Crippen LogP contribution in [0.5, 0.6) is 0 Å². The van der Waals surface area contributed by atoms with Gasteiger partial charge in [0.25, 0.3) is 0 Å². The number of aryl methyl sites for hydroxylation is 2. The van der Waals surface area contributed by atoms with E-state index < -0.39 is 0 Å². The summed E-state index contributed by atoms with van der Waals surface area (Å²) in [6, 6.07) is 3.96. The highest BCUT2D eigenvalue weighted by molar-refractivity contribution is 8.01. The molecule has 5 nitrogen and oxygen atoms in total. The number of halogens is 1. The van der Waals surface area contributed by atoms with Crippen molar-refractivity contribution >= 4 is 51.5 Å². The van der Waals surface area contributed by atoms with E-state index >= 15 is 0 Å². The van der Waals surface area contributed by atoms with Crippen molar-refractivity contribution in [3.8, 4) is 0 Å². The third kappa shape index (κ3) is 4.59. The molecule has 1 heterocycles. The molecule has 0 unspecified atom stereocenters. The smallest absolute Gasteiger partial charge is 0.306 e. The van der Waals surface area contributed by atoms with Gasteiger partial charge in [0, 0.05) is 5.75 Å². The van der Waals surface area contributed by atoms with E-state index in [4.69, 9.17) is 11.6 Å². The van der Waals surface area contributed by atoms with Gasteiger partial charge in [-0.05, 0) is 31.0 Å². The van der Waals surface area contributed by atoms with Crippen LogP contribution in [-0.4, -0.2) is 29.0 Å². The first-order valence-corrected chi connectivity index (χ1v) is 8.74. The molecule has 0 saturated heterocycles. The average molecular weight is 358 g/mol. The molecule has 1 N–H and O–H groups in total. The van der Waals surface area contributed by atoms with Gasteiger partial charge in [-0.2, -0.15) is 0 Å². The lowest BCUT2D eigenvalue weighted by molar-refractivity contribution is -0.140. The highest BCUT2D eigenvalue weighted by Crippen LogP contribution is 2.33. The lowest BCUT2D eigenvalue weighted by Crippen LogP contribution is -2.00. The molecule has 2 rings (SSSR count). The molecule has 0 spiro atoms. The zero-order valence-electron chi connectivity index (χ0n) is 12.5. The lowest BCUT2D eigenvalue weighted by atomic mass is 10.1. The Morgan fingerprint density at radius 2 is 2.18 bits per heavy atom. The zero-order valence-corrected chi connectivity index (χ0v) is 14.9. The van der Waals surface area contributed by atoms with Crippen LogP contribution < -0.4 is 5.32 Å². The molecule has 22 heavy (non-hydrogen) atoms. The Morgan fingerprint density at radius 1 is 1.41 bits per heavy atom. The van der Waals surface area contributed by atoms with Crippen LogP contribution in [-0.2, 0) is 9.53 Å². The fourth-order valence-electron chi connectivity index (χ4n) is 1.82.